The molecular weight excluding hydrogens is 266 g/mol. The van der Waals surface area contributed by atoms with Crippen molar-refractivity contribution >= 4 is 21.6 Å². The second-order valence-corrected chi connectivity index (χ2v) is 4.31. The van der Waals surface area contributed by atoms with Crippen LogP contribution in [0, 0.1) is 11.3 Å². The number of hydrogen-bond donors (Lipinski definition) is 0. The molecule has 0 bridgehead atoms. The van der Waals surface area contributed by atoms with Gasteiger partial charge in [-0.3, -0.25) is 0 Å². The smallest absolute Gasteiger partial charge is 0.282 e. The summed E-state index contributed by atoms with van der Waals surface area (Å²) in [5, 5.41) is 8.86. The van der Waals surface area contributed by atoms with Crippen LogP contribution in [0.3, 0.4) is 0 Å². The number of para-hydroxylation sites is 1. The van der Waals surface area contributed by atoms with E-state index in [0.717, 1.165) is 0 Å². The number of halogens is 3. The predicted octanol–water partition coefficient (Wildman–Crippen LogP) is 2.78. The van der Waals surface area contributed by atoms with E-state index in [2.05, 4.69) is 15.9 Å². The van der Waals surface area contributed by atoms with Crippen molar-refractivity contribution in [1.29, 1.82) is 5.26 Å². The van der Waals surface area contributed by atoms with Crippen molar-refractivity contribution in [3.05, 3.63) is 28.2 Å². The molecule has 0 spiro atoms. The SMILES string of the molecule is N#Cc1cccc(Br)c1N1CC(F)(F)C1. The van der Waals surface area contributed by atoms with Crippen molar-refractivity contribution in [2.24, 2.45) is 0 Å². The van der Waals surface area contributed by atoms with Crippen LogP contribution in [0.25, 0.3) is 0 Å². The molecule has 5 heteroatoms. The van der Waals surface area contributed by atoms with Crippen LogP contribution in [0.15, 0.2) is 22.7 Å². The molecule has 0 saturated carbocycles. The fourth-order valence-corrected chi connectivity index (χ4v) is 2.21. The Balaban J connectivity index is 2.34. The highest BCUT2D eigenvalue weighted by atomic mass is 79.9. The molecule has 1 aliphatic heterocycles. The highest BCUT2D eigenvalue weighted by Crippen LogP contribution is 2.37. The Labute approximate surface area is 94.2 Å². The molecule has 2 rings (SSSR count). The minimum absolute atomic E-state index is 0.315. The summed E-state index contributed by atoms with van der Waals surface area (Å²) in [6, 6.07) is 7.07. The zero-order valence-corrected chi connectivity index (χ0v) is 9.26. The molecule has 1 aliphatic rings. The quantitative estimate of drug-likeness (QED) is 0.786. The number of alkyl halides is 2. The van der Waals surface area contributed by atoms with Gasteiger partial charge in [0.15, 0.2) is 0 Å². The Kier molecular flexibility index (Phi) is 2.39. The zero-order chi connectivity index (χ0) is 11.1. The van der Waals surface area contributed by atoms with Crippen molar-refractivity contribution in [3.8, 4) is 6.07 Å². The van der Waals surface area contributed by atoms with Crippen molar-refractivity contribution in [3.63, 3.8) is 0 Å². The second-order valence-electron chi connectivity index (χ2n) is 3.46. The van der Waals surface area contributed by atoms with Crippen LogP contribution in [-0.4, -0.2) is 19.0 Å². The van der Waals surface area contributed by atoms with Gasteiger partial charge in [0.1, 0.15) is 6.07 Å². The summed E-state index contributed by atoms with van der Waals surface area (Å²) >= 11 is 3.26. The van der Waals surface area contributed by atoms with Gasteiger partial charge < -0.3 is 4.90 Å². The third kappa shape index (κ3) is 1.82. The van der Waals surface area contributed by atoms with Gasteiger partial charge in [0.2, 0.25) is 0 Å². The normalized spacial score (nSPS) is 18.1. The van der Waals surface area contributed by atoms with Gasteiger partial charge in [-0.15, -0.1) is 0 Å². The molecule has 78 valence electrons. The molecule has 1 saturated heterocycles. The largest absolute Gasteiger partial charge is 0.357 e. The van der Waals surface area contributed by atoms with Crippen molar-refractivity contribution in [2.45, 2.75) is 5.92 Å². The lowest BCUT2D eigenvalue weighted by Gasteiger charge is -2.41. The molecule has 1 heterocycles. The summed E-state index contributed by atoms with van der Waals surface area (Å²) in [5.41, 5.74) is 0.978. The molecule has 1 fully saturated rings. The van der Waals surface area contributed by atoms with Crippen LogP contribution in [-0.2, 0) is 0 Å². The van der Waals surface area contributed by atoms with Crippen LogP contribution in [0.4, 0.5) is 14.5 Å². The number of benzene rings is 1. The van der Waals surface area contributed by atoms with E-state index < -0.39 is 5.92 Å². The monoisotopic (exact) mass is 272 g/mol. The van der Waals surface area contributed by atoms with Crippen LogP contribution >= 0.6 is 15.9 Å². The van der Waals surface area contributed by atoms with Gasteiger partial charge in [-0.25, -0.2) is 8.78 Å². The summed E-state index contributed by atoms with van der Waals surface area (Å²) < 4.78 is 26.1. The van der Waals surface area contributed by atoms with E-state index in [1.807, 2.05) is 6.07 Å². The zero-order valence-electron chi connectivity index (χ0n) is 7.67. The molecule has 0 N–H and O–H groups in total. The molecular formula is C10H7BrF2N2. The maximum atomic E-state index is 12.7. The van der Waals surface area contributed by atoms with Gasteiger partial charge in [-0.2, -0.15) is 5.26 Å². The first-order chi connectivity index (χ1) is 7.03. The van der Waals surface area contributed by atoms with Gasteiger partial charge in [0.05, 0.1) is 24.3 Å². The highest BCUT2D eigenvalue weighted by molar-refractivity contribution is 9.10. The number of rotatable bonds is 1. The molecule has 15 heavy (non-hydrogen) atoms. The lowest BCUT2D eigenvalue weighted by atomic mass is 10.1. The fraction of sp³-hybridized carbons (Fsp3) is 0.300. The Bertz CT molecular complexity index is 432. The molecule has 0 aromatic heterocycles. The number of hydrogen-bond acceptors (Lipinski definition) is 2. The first-order valence-electron chi connectivity index (χ1n) is 4.35. The van der Waals surface area contributed by atoms with Gasteiger partial charge in [0.25, 0.3) is 5.92 Å². The Morgan fingerprint density at radius 1 is 1.40 bits per heavy atom. The average Bonchev–Trinajstić information content (AvgIpc) is 2.13. The summed E-state index contributed by atoms with van der Waals surface area (Å²) in [7, 11) is 0. The third-order valence-electron chi connectivity index (χ3n) is 2.27. The Morgan fingerprint density at radius 2 is 2.07 bits per heavy atom. The molecule has 0 unspecified atom stereocenters. The average molecular weight is 273 g/mol. The molecule has 1 aromatic rings. The van der Waals surface area contributed by atoms with Crippen LogP contribution < -0.4 is 4.90 Å². The minimum Gasteiger partial charge on any atom is -0.357 e. The van der Waals surface area contributed by atoms with Gasteiger partial charge in [-0.05, 0) is 28.1 Å². The number of anilines is 1. The maximum absolute atomic E-state index is 12.7. The maximum Gasteiger partial charge on any atom is 0.282 e. The first kappa shape index (κ1) is 10.4. The van der Waals surface area contributed by atoms with Gasteiger partial charge in [0, 0.05) is 4.47 Å². The molecule has 0 atom stereocenters. The number of nitriles is 1. The molecule has 0 radical (unpaired) electrons. The third-order valence-corrected chi connectivity index (χ3v) is 2.91. The molecule has 0 aliphatic carbocycles. The van der Waals surface area contributed by atoms with E-state index in [9.17, 15) is 8.78 Å². The van der Waals surface area contributed by atoms with E-state index in [-0.39, 0.29) is 13.1 Å². The molecule has 2 nitrogen and oxygen atoms in total. The van der Waals surface area contributed by atoms with Crippen molar-refractivity contribution in [1.82, 2.24) is 0 Å². The lowest BCUT2D eigenvalue weighted by molar-refractivity contribution is -0.0263. The fourth-order valence-electron chi connectivity index (χ4n) is 1.60. The second kappa shape index (κ2) is 3.46. The lowest BCUT2D eigenvalue weighted by Crippen LogP contribution is -2.56. The van der Waals surface area contributed by atoms with E-state index in [4.69, 9.17) is 5.26 Å². The summed E-state index contributed by atoms with van der Waals surface area (Å²) in [5.74, 6) is -2.62. The van der Waals surface area contributed by atoms with E-state index in [0.29, 0.717) is 15.7 Å². The van der Waals surface area contributed by atoms with Crippen molar-refractivity contribution < 1.29 is 8.78 Å². The molecule has 1 aromatic carbocycles. The van der Waals surface area contributed by atoms with E-state index in [1.165, 1.54) is 4.90 Å². The predicted molar refractivity (Wildman–Crippen MR) is 56.0 cm³/mol. The first-order valence-corrected chi connectivity index (χ1v) is 5.14. The van der Waals surface area contributed by atoms with Crippen molar-refractivity contribution in [2.75, 3.05) is 18.0 Å². The van der Waals surface area contributed by atoms with Gasteiger partial charge >= 0.3 is 0 Å². The molecule has 0 amide bonds. The Morgan fingerprint density at radius 3 is 2.60 bits per heavy atom. The highest BCUT2D eigenvalue weighted by Gasteiger charge is 2.45. The summed E-state index contributed by atoms with van der Waals surface area (Å²) in [6.45, 7) is -0.630. The minimum atomic E-state index is -2.62. The van der Waals surface area contributed by atoms with Crippen LogP contribution in [0.2, 0.25) is 0 Å². The van der Waals surface area contributed by atoms with E-state index in [1.54, 1.807) is 18.2 Å². The standard InChI is InChI=1S/C10H7BrF2N2/c11-8-3-1-2-7(4-14)9(8)15-5-10(12,13)6-15/h1-3H,5-6H2. The summed E-state index contributed by atoms with van der Waals surface area (Å²) in [6.07, 6.45) is 0. The summed E-state index contributed by atoms with van der Waals surface area (Å²) in [4.78, 5) is 1.50. The number of nitrogens with zero attached hydrogens (tertiary/aromatic N) is 2. The van der Waals surface area contributed by atoms with Crippen LogP contribution in [0.1, 0.15) is 5.56 Å². The van der Waals surface area contributed by atoms with Crippen LogP contribution in [0.5, 0.6) is 0 Å². The topological polar surface area (TPSA) is 27.0 Å². The Hall–Kier alpha value is -1.15. The van der Waals surface area contributed by atoms with Gasteiger partial charge in [-0.1, -0.05) is 6.07 Å². The van der Waals surface area contributed by atoms with E-state index >= 15 is 0 Å².